The Hall–Kier alpha value is -2.60. The predicted molar refractivity (Wildman–Crippen MR) is 90.9 cm³/mol. The zero-order chi connectivity index (χ0) is 17.4. The zero-order valence-corrected chi connectivity index (χ0v) is 13.6. The van der Waals surface area contributed by atoms with Gasteiger partial charge in [-0.2, -0.15) is 0 Å². The molecule has 6 heteroatoms. The van der Waals surface area contributed by atoms with Crippen LogP contribution in [0.1, 0.15) is 33.7 Å². The molecule has 0 radical (unpaired) electrons. The molecule has 1 amide bonds. The number of pyridine rings is 1. The van der Waals surface area contributed by atoms with E-state index in [1.165, 1.54) is 24.3 Å². The van der Waals surface area contributed by atoms with E-state index in [1.54, 1.807) is 18.2 Å². The summed E-state index contributed by atoms with van der Waals surface area (Å²) in [5, 5.41) is 5.91. The second-order valence-corrected chi connectivity index (χ2v) is 6.94. The normalized spacial score (nSPS) is 18.3. The Morgan fingerprint density at radius 1 is 1.12 bits per heavy atom. The summed E-state index contributed by atoms with van der Waals surface area (Å²) in [5.41, 5.74) is 1.04. The molecule has 1 spiro atoms. The first-order valence-electron chi connectivity index (χ1n) is 8.34. The summed E-state index contributed by atoms with van der Waals surface area (Å²) >= 11 is 0. The number of aromatic nitrogens is 1. The number of carbonyl (C=O) groups excluding carboxylic acids is 2. The Labute approximate surface area is 144 Å². The topological polar surface area (TPSA) is 71.1 Å². The Kier molecular flexibility index (Phi) is 3.84. The highest BCUT2D eigenvalue weighted by Gasteiger charge is 2.51. The zero-order valence-electron chi connectivity index (χ0n) is 13.6. The summed E-state index contributed by atoms with van der Waals surface area (Å²) < 4.78 is 12.9. The molecule has 1 aromatic carbocycles. The van der Waals surface area contributed by atoms with Crippen LogP contribution in [0.3, 0.4) is 0 Å². The monoisotopic (exact) mass is 339 g/mol. The third-order valence-corrected chi connectivity index (χ3v) is 5.08. The van der Waals surface area contributed by atoms with Crippen LogP contribution in [0.25, 0.3) is 0 Å². The van der Waals surface area contributed by atoms with Gasteiger partial charge in [0, 0.05) is 24.6 Å². The SMILES string of the molecule is O=C(Nc1cccc(C(=O)C2CC3(CNC3)C2)n1)c1ccc(F)cc1. The lowest BCUT2D eigenvalue weighted by molar-refractivity contribution is 0.00584. The Balaban J connectivity index is 1.43. The molecule has 2 heterocycles. The van der Waals surface area contributed by atoms with Crippen molar-refractivity contribution in [1.29, 1.82) is 0 Å². The van der Waals surface area contributed by atoms with Gasteiger partial charge in [-0.1, -0.05) is 6.07 Å². The highest BCUT2D eigenvalue weighted by molar-refractivity contribution is 6.04. The maximum absolute atomic E-state index is 12.9. The van der Waals surface area contributed by atoms with E-state index in [4.69, 9.17) is 0 Å². The van der Waals surface area contributed by atoms with Gasteiger partial charge >= 0.3 is 0 Å². The molecular formula is C19H18FN3O2. The van der Waals surface area contributed by atoms with Gasteiger partial charge in [0.05, 0.1) is 0 Å². The molecule has 128 valence electrons. The van der Waals surface area contributed by atoms with Crippen LogP contribution in [0.2, 0.25) is 0 Å². The van der Waals surface area contributed by atoms with E-state index in [0.717, 1.165) is 25.9 Å². The van der Waals surface area contributed by atoms with Crippen LogP contribution in [0.15, 0.2) is 42.5 Å². The minimum atomic E-state index is -0.401. The van der Waals surface area contributed by atoms with Crippen molar-refractivity contribution in [2.75, 3.05) is 18.4 Å². The molecule has 0 unspecified atom stereocenters. The lowest BCUT2D eigenvalue weighted by Gasteiger charge is -2.53. The summed E-state index contributed by atoms with van der Waals surface area (Å²) in [6.07, 6.45) is 1.82. The average molecular weight is 339 g/mol. The molecule has 0 atom stereocenters. The minimum absolute atomic E-state index is 0.0256. The molecule has 0 bridgehead atoms. The molecule has 2 aromatic rings. The van der Waals surface area contributed by atoms with E-state index in [0.29, 0.717) is 22.5 Å². The van der Waals surface area contributed by atoms with Crippen molar-refractivity contribution in [3.05, 3.63) is 59.5 Å². The lowest BCUT2D eigenvalue weighted by atomic mass is 9.57. The Morgan fingerprint density at radius 3 is 2.48 bits per heavy atom. The largest absolute Gasteiger partial charge is 0.316 e. The van der Waals surface area contributed by atoms with Crippen molar-refractivity contribution in [2.24, 2.45) is 11.3 Å². The number of carbonyl (C=O) groups is 2. The molecule has 1 aliphatic carbocycles. The average Bonchev–Trinajstić information content (AvgIpc) is 2.53. The third-order valence-electron chi connectivity index (χ3n) is 5.08. The molecule has 2 fully saturated rings. The van der Waals surface area contributed by atoms with Crippen LogP contribution < -0.4 is 10.6 Å². The van der Waals surface area contributed by atoms with Crippen LogP contribution >= 0.6 is 0 Å². The summed E-state index contributed by atoms with van der Waals surface area (Å²) in [4.78, 5) is 29.0. The van der Waals surface area contributed by atoms with Crippen molar-refractivity contribution in [3.8, 4) is 0 Å². The van der Waals surface area contributed by atoms with E-state index in [1.807, 2.05) is 0 Å². The third kappa shape index (κ3) is 3.05. The summed E-state index contributed by atoms with van der Waals surface area (Å²) in [7, 11) is 0. The fraction of sp³-hybridized carbons (Fsp3) is 0.316. The fourth-order valence-electron chi connectivity index (χ4n) is 3.58. The molecule has 2 aliphatic rings. The number of anilines is 1. The van der Waals surface area contributed by atoms with Crippen molar-refractivity contribution in [1.82, 2.24) is 10.3 Å². The smallest absolute Gasteiger partial charge is 0.256 e. The molecular weight excluding hydrogens is 321 g/mol. The van der Waals surface area contributed by atoms with Gasteiger partial charge in [-0.15, -0.1) is 0 Å². The number of hydrogen-bond donors (Lipinski definition) is 2. The lowest BCUT2D eigenvalue weighted by Crippen LogP contribution is -2.61. The molecule has 1 aliphatic heterocycles. The molecule has 1 saturated carbocycles. The molecule has 2 N–H and O–H groups in total. The number of halogens is 1. The van der Waals surface area contributed by atoms with E-state index < -0.39 is 5.82 Å². The van der Waals surface area contributed by atoms with Crippen LogP contribution in [0.5, 0.6) is 0 Å². The highest BCUT2D eigenvalue weighted by atomic mass is 19.1. The van der Waals surface area contributed by atoms with E-state index in [2.05, 4.69) is 15.6 Å². The Morgan fingerprint density at radius 2 is 1.84 bits per heavy atom. The van der Waals surface area contributed by atoms with Gasteiger partial charge < -0.3 is 10.6 Å². The first-order valence-corrected chi connectivity index (χ1v) is 8.34. The maximum Gasteiger partial charge on any atom is 0.256 e. The minimum Gasteiger partial charge on any atom is -0.316 e. The molecule has 1 saturated heterocycles. The first kappa shape index (κ1) is 15.9. The fourth-order valence-corrected chi connectivity index (χ4v) is 3.58. The van der Waals surface area contributed by atoms with Gasteiger partial charge in [0.25, 0.3) is 5.91 Å². The number of Topliss-reactive ketones (excluding diaryl/α,β-unsaturated/α-hetero) is 1. The molecule has 4 rings (SSSR count). The number of benzene rings is 1. The number of hydrogen-bond acceptors (Lipinski definition) is 4. The number of ketones is 1. The quantitative estimate of drug-likeness (QED) is 0.840. The van der Waals surface area contributed by atoms with E-state index in [9.17, 15) is 14.0 Å². The van der Waals surface area contributed by atoms with Crippen LogP contribution in [0, 0.1) is 17.2 Å². The van der Waals surface area contributed by atoms with Crippen molar-refractivity contribution in [2.45, 2.75) is 12.8 Å². The van der Waals surface area contributed by atoms with Gasteiger partial charge in [0.15, 0.2) is 5.78 Å². The van der Waals surface area contributed by atoms with Gasteiger partial charge in [-0.05, 0) is 54.7 Å². The molecule has 25 heavy (non-hydrogen) atoms. The number of rotatable bonds is 4. The van der Waals surface area contributed by atoms with Gasteiger partial charge in [0.2, 0.25) is 0 Å². The summed E-state index contributed by atoms with van der Waals surface area (Å²) in [6, 6.07) is 10.3. The number of nitrogens with one attached hydrogen (secondary N) is 2. The van der Waals surface area contributed by atoms with Gasteiger partial charge in [-0.3, -0.25) is 9.59 Å². The maximum atomic E-state index is 12.9. The molecule has 1 aromatic heterocycles. The summed E-state index contributed by atoms with van der Waals surface area (Å²) in [6.45, 7) is 2.00. The van der Waals surface area contributed by atoms with E-state index in [-0.39, 0.29) is 17.6 Å². The number of amides is 1. The van der Waals surface area contributed by atoms with Crippen LogP contribution in [0.4, 0.5) is 10.2 Å². The van der Waals surface area contributed by atoms with Crippen molar-refractivity contribution in [3.63, 3.8) is 0 Å². The summed E-state index contributed by atoms with van der Waals surface area (Å²) in [5.74, 6) is -0.407. The standard InChI is InChI=1S/C19H18FN3O2/c20-14-6-4-12(5-7-14)18(25)23-16-3-1-2-15(22-16)17(24)13-8-19(9-13)10-21-11-19/h1-7,13,21H,8-11H2,(H,22,23,25). The second kappa shape index (κ2) is 6.04. The highest BCUT2D eigenvalue weighted by Crippen LogP contribution is 2.49. The van der Waals surface area contributed by atoms with Gasteiger partial charge in [-0.25, -0.2) is 9.37 Å². The predicted octanol–water partition coefficient (Wildman–Crippen LogP) is 2.66. The molecule has 5 nitrogen and oxygen atoms in total. The van der Waals surface area contributed by atoms with Gasteiger partial charge in [0.1, 0.15) is 17.3 Å². The number of nitrogens with zero attached hydrogens (tertiary/aromatic N) is 1. The first-order chi connectivity index (χ1) is 12.0. The van der Waals surface area contributed by atoms with Crippen LogP contribution in [-0.4, -0.2) is 29.8 Å². The second-order valence-electron chi connectivity index (χ2n) is 6.94. The van der Waals surface area contributed by atoms with E-state index >= 15 is 0 Å². The van der Waals surface area contributed by atoms with Crippen molar-refractivity contribution >= 4 is 17.5 Å². The Bertz CT molecular complexity index is 823. The van der Waals surface area contributed by atoms with Crippen LogP contribution in [-0.2, 0) is 0 Å². The van der Waals surface area contributed by atoms with Crippen molar-refractivity contribution < 1.29 is 14.0 Å².